The zero-order chi connectivity index (χ0) is 53.9. The number of carbonyl (C=O) groups excluding carboxylic acids is 3. The molecule has 3 aliphatic heterocycles. The van der Waals surface area contributed by atoms with Crippen LogP contribution in [0, 0.1) is 37.3 Å². The quantitative estimate of drug-likeness (QED) is 0.0543. The molecule has 0 radical (unpaired) electrons. The zero-order valence-corrected chi connectivity index (χ0v) is 45.6. The minimum Gasteiger partial charge on any atom is -0.444 e. The van der Waals surface area contributed by atoms with Gasteiger partial charge in [-0.05, 0) is 133 Å². The summed E-state index contributed by atoms with van der Waals surface area (Å²) < 4.78 is 43.0. The molecule has 0 bridgehead atoms. The van der Waals surface area contributed by atoms with Crippen LogP contribution in [0.4, 0.5) is 36.3 Å². The number of amides is 3. The maximum absolute atomic E-state index is 15.3. The van der Waals surface area contributed by atoms with Crippen molar-refractivity contribution in [2.45, 2.75) is 105 Å². The maximum atomic E-state index is 15.3. The van der Waals surface area contributed by atoms with E-state index in [1.165, 1.54) is 12.1 Å². The van der Waals surface area contributed by atoms with Crippen LogP contribution in [0.2, 0.25) is 25.7 Å². The number of para-hydroxylation sites is 2. The van der Waals surface area contributed by atoms with Crippen molar-refractivity contribution in [2.75, 3.05) is 66.3 Å². The number of hydrogen-bond acceptors (Lipinski definition) is 12. The molecule has 0 aliphatic carbocycles. The summed E-state index contributed by atoms with van der Waals surface area (Å²) in [5, 5.41) is 8.65. The lowest BCUT2D eigenvalue weighted by atomic mass is 9.96. The number of imidazole rings is 1. The SMILES string of the molecule is Cc1cc(-c2cn(COCC[Si](C)(C)C)c(C(=O)Nc3cccc(F)c3N3CCC(CNC(=O)OC(C)(C)C)CC3)n2)ccn1.Cc1cc(C2=CCC(C(=O)Nc3cccc(F)c3N3CCC(CN)CC3)=N2)ccn1. The van der Waals surface area contributed by atoms with Gasteiger partial charge in [0.15, 0.2) is 0 Å². The Labute approximate surface area is 440 Å². The van der Waals surface area contributed by atoms with Gasteiger partial charge in [-0.3, -0.25) is 19.6 Å². The van der Waals surface area contributed by atoms with Crippen LogP contribution < -0.4 is 31.5 Å². The van der Waals surface area contributed by atoms with E-state index in [0.717, 1.165) is 73.0 Å². The van der Waals surface area contributed by atoms with Gasteiger partial charge in [0.1, 0.15) is 29.7 Å². The Hall–Kier alpha value is -6.83. The van der Waals surface area contributed by atoms with Crippen molar-refractivity contribution in [3.05, 3.63) is 120 Å². The Balaban J connectivity index is 0.000000236. The van der Waals surface area contributed by atoms with Crippen molar-refractivity contribution in [1.29, 1.82) is 0 Å². The topological polar surface area (TPSA) is 194 Å². The average molecular weight is 1050 g/mol. The fraction of sp³-hybridized carbons (Fsp3) is 0.446. The summed E-state index contributed by atoms with van der Waals surface area (Å²) in [6.45, 7) is 20.7. The number of anilines is 4. The van der Waals surface area contributed by atoms with Crippen molar-refractivity contribution in [3.63, 3.8) is 0 Å². The van der Waals surface area contributed by atoms with Crippen LogP contribution >= 0.6 is 0 Å². The molecule has 400 valence electrons. The molecule has 3 aliphatic rings. The first-order valence-electron chi connectivity index (χ1n) is 25.9. The largest absolute Gasteiger partial charge is 0.444 e. The number of nitrogens with one attached hydrogen (secondary N) is 3. The summed E-state index contributed by atoms with van der Waals surface area (Å²) in [5.41, 5.74) is 12.2. The van der Waals surface area contributed by atoms with Gasteiger partial charge in [0.2, 0.25) is 5.82 Å². The van der Waals surface area contributed by atoms with Crippen LogP contribution in [-0.2, 0) is 21.0 Å². The number of aryl methyl sites for hydroxylation is 2. The highest BCUT2D eigenvalue weighted by molar-refractivity contribution is 6.76. The van der Waals surface area contributed by atoms with Gasteiger partial charge in [-0.15, -0.1) is 0 Å². The number of allylic oxidation sites excluding steroid dienone is 1. The summed E-state index contributed by atoms with van der Waals surface area (Å²) in [6.07, 6.45) is 10.5. The average Bonchev–Trinajstić information content (AvgIpc) is 4.04. The lowest BCUT2D eigenvalue weighted by Gasteiger charge is -2.35. The van der Waals surface area contributed by atoms with Crippen molar-refractivity contribution < 1.29 is 32.6 Å². The number of nitrogens with zero attached hydrogens (tertiary/aromatic N) is 7. The lowest BCUT2D eigenvalue weighted by Crippen LogP contribution is -2.40. The molecule has 2 fully saturated rings. The summed E-state index contributed by atoms with van der Waals surface area (Å²) in [4.78, 5) is 60.3. The predicted molar refractivity (Wildman–Crippen MR) is 296 cm³/mol. The maximum Gasteiger partial charge on any atom is 0.407 e. The minimum atomic E-state index is -1.29. The normalized spacial score (nSPS) is 15.4. The van der Waals surface area contributed by atoms with E-state index in [0.29, 0.717) is 79.3 Å². The summed E-state index contributed by atoms with van der Waals surface area (Å²) >= 11 is 0. The van der Waals surface area contributed by atoms with Gasteiger partial charge in [0.05, 0.1) is 34.1 Å². The molecule has 3 amide bonds. The van der Waals surface area contributed by atoms with Crippen molar-refractivity contribution in [3.8, 4) is 11.3 Å². The number of pyridine rings is 2. The molecule has 2 saturated heterocycles. The first-order chi connectivity index (χ1) is 35.7. The molecule has 5 aromatic rings. The highest BCUT2D eigenvalue weighted by Gasteiger charge is 2.28. The molecule has 5 N–H and O–H groups in total. The van der Waals surface area contributed by atoms with Gasteiger partial charge >= 0.3 is 6.09 Å². The van der Waals surface area contributed by atoms with E-state index >= 15 is 4.39 Å². The van der Waals surface area contributed by atoms with Crippen LogP contribution in [0.25, 0.3) is 17.0 Å². The number of aliphatic imine (C=N–C) groups is 1. The van der Waals surface area contributed by atoms with Crippen molar-refractivity contribution in [2.24, 2.45) is 22.6 Å². The fourth-order valence-corrected chi connectivity index (χ4v) is 9.84. The third kappa shape index (κ3) is 15.8. The Bertz CT molecular complexity index is 2860. The van der Waals surface area contributed by atoms with Gasteiger partial charge in [-0.2, -0.15) is 0 Å². The minimum absolute atomic E-state index is 0.172. The van der Waals surface area contributed by atoms with E-state index in [1.807, 2.05) is 74.8 Å². The van der Waals surface area contributed by atoms with Crippen molar-refractivity contribution in [1.82, 2.24) is 24.8 Å². The van der Waals surface area contributed by atoms with Crippen LogP contribution in [0.3, 0.4) is 0 Å². The number of halogens is 2. The summed E-state index contributed by atoms with van der Waals surface area (Å²) in [6, 6.07) is 18.0. The van der Waals surface area contributed by atoms with E-state index in [-0.39, 0.29) is 30.2 Å². The summed E-state index contributed by atoms with van der Waals surface area (Å²) in [7, 11) is -1.29. The molecule has 3 aromatic heterocycles. The van der Waals surface area contributed by atoms with E-state index < -0.39 is 31.5 Å². The highest BCUT2D eigenvalue weighted by atomic mass is 28.3. The Morgan fingerprint density at radius 1 is 0.787 bits per heavy atom. The Morgan fingerprint density at radius 3 is 1.91 bits per heavy atom. The fourth-order valence-electron chi connectivity index (χ4n) is 9.08. The van der Waals surface area contributed by atoms with E-state index in [2.05, 4.69) is 55.5 Å². The number of carbonyl (C=O) groups is 3. The van der Waals surface area contributed by atoms with E-state index in [9.17, 15) is 18.8 Å². The number of alkyl carbamates (subject to hydrolysis) is 1. The van der Waals surface area contributed by atoms with Gasteiger partial charge in [-0.1, -0.05) is 37.8 Å². The number of ether oxygens (including phenoxy) is 2. The monoisotopic (exact) mass is 1050 g/mol. The molecule has 6 heterocycles. The third-order valence-corrected chi connectivity index (χ3v) is 14.9. The van der Waals surface area contributed by atoms with Crippen LogP contribution in [0.15, 0.2) is 90.3 Å². The van der Waals surface area contributed by atoms with Gasteiger partial charge in [-0.25, -0.2) is 23.6 Å². The van der Waals surface area contributed by atoms with Crippen LogP contribution in [0.1, 0.15) is 80.4 Å². The second-order valence-electron chi connectivity index (χ2n) is 21.7. The van der Waals surface area contributed by atoms with E-state index in [1.54, 1.807) is 47.4 Å². The molecular formula is C56H73F2N11O5Si. The number of rotatable bonds is 16. The molecule has 0 spiro atoms. The Kier molecular flexibility index (Phi) is 18.7. The number of piperidine rings is 2. The molecule has 16 nitrogen and oxygen atoms in total. The number of benzene rings is 2. The number of aromatic nitrogens is 4. The Morgan fingerprint density at radius 2 is 1.35 bits per heavy atom. The second-order valence-corrected chi connectivity index (χ2v) is 27.3. The lowest BCUT2D eigenvalue weighted by molar-refractivity contribution is -0.110. The first-order valence-corrected chi connectivity index (χ1v) is 29.6. The van der Waals surface area contributed by atoms with Crippen LogP contribution in [0.5, 0.6) is 0 Å². The second kappa shape index (κ2) is 25.1. The zero-order valence-electron chi connectivity index (χ0n) is 44.6. The molecule has 0 saturated carbocycles. The van der Waals surface area contributed by atoms with E-state index in [4.69, 9.17) is 15.2 Å². The molecule has 19 heteroatoms. The molecule has 8 rings (SSSR count). The van der Waals surface area contributed by atoms with Crippen molar-refractivity contribution >= 4 is 60.1 Å². The van der Waals surface area contributed by atoms with Gasteiger partial charge in [0, 0.05) is 94.9 Å². The standard InChI is InChI=1S/C33H47FN6O4Si.C23H26FN5O/c1-23-19-25(11-14-35-23)28-21-40(22-43-17-18-45(5,6)7)30(37-28)31(41)38-27-10-8-9-26(34)29(27)39-15-12-24(13-16-39)20-36-32(42)44-33(2,3)4;1-15-13-17(7-10-26-15)19-5-6-21(27-19)23(30)28-20-4-2-3-18(24)22(20)29-11-8-16(14-25)9-12-29/h8-11,14,19,21,24H,12-13,15-18,20,22H2,1-7H3,(H,36,42)(H,38,41);2-5,7,10,13,16H,6,8-9,11-12,14,25H2,1H3,(H,28,30). The molecule has 2 aromatic carbocycles. The molecular weight excluding hydrogens is 973 g/mol. The predicted octanol–water partition coefficient (Wildman–Crippen LogP) is 10.2. The molecule has 0 atom stereocenters. The summed E-state index contributed by atoms with van der Waals surface area (Å²) in [5.74, 6) is -0.625. The smallest absolute Gasteiger partial charge is 0.407 e. The third-order valence-electron chi connectivity index (χ3n) is 13.2. The van der Waals surface area contributed by atoms with Gasteiger partial charge < -0.3 is 45.5 Å². The highest BCUT2D eigenvalue weighted by Crippen LogP contribution is 2.35. The number of hydrogen-bond donors (Lipinski definition) is 4. The van der Waals surface area contributed by atoms with Crippen LogP contribution in [-0.4, -0.2) is 103 Å². The first kappa shape index (κ1) is 55.9. The number of nitrogens with two attached hydrogens (primary N) is 1. The molecule has 0 unspecified atom stereocenters. The van der Waals surface area contributed by atoms with Gasteiger partial charge in [0.25, 0.3) is 11.8 Å². The molecule has 75 heavy (non-hydrogen) atoms.